The number of rotatable bonds is 6. The molecule has 0 aliphatic rings. The van der Waals surface area contributed by atoms with Crippen LogP contribution in [-0.4, -0.2) is 20.0 Å². The molecule has 0 aliphatic heterocycles. The van der Waals surface area contributed by atoms with E-state index in [1.807, 2.05) is 31.3 Å². The molecule has 146 valence electrons. The van der Waals surface area contributed by atoms with Gasteiger partial charge in [0, 0.05) is 11.4 Å². The molecule has 2 aromatic heterocycles. The molecular formula is C21H17ClFN5O. The van der Waals surface area contributed by atoms with E-state index < -0.39 is 5.82 Å². The molecule has 0 saturated heterocycles. The van der Waals surface area contributed by atoms with E-state index in [-0.39, 0.29) is 5.75 Å². The summed E-state index contributed by atoms with van der Waals surface area (Å²) in [6, 6.07) is 17.1. The molecular weight excluding hydrogens is 393 g/mol. The molecule has 29 heavy (non-hydrogen) atoms. The standard InChI is InChI=1S/C21H17ClFN5O/c1-14-10-15(11-21(22)25-14)24-12-16-13-28(27-26-16)17-6-8-18(9-7-17)29-20-5-3-2-4-19(20)23/h2-11,13H,12H2,1H3,(H,24,25). The average molecular weight is 410 g/mol. The van der Waals surface area contributed by atoms with E-state index in [2.05, 4.69) is 20.6 Å². The van der Waals surface area contributed by atoms with Gasteiger partial charge in [-0.1, -0.05) is 28.9 Å². The van der Waals surface area contributed by atoms with Gasteiger partial charge < -0.3 is 10.1 Å². The molecule has 0 aliphatic carbocycles. The van der Waals surface area contributed by atoms with Gasteiger partial charge in [0.15, 0.2) is 11.6 Å². The van der Waals surface area contributed by atoms with E-state index in [4.69, 9.17) is 16.3 Å². The Hall–Kier alpha value is -3.45. The molecule has 2 aromatic carbocycles. The minimum atomic E-state index is -0.407. The van der Waals surface area contributed by atoms with Gasteiger partial charge in [-0.25, -0.2) is 14.1 Å². The maximum absolute atomic E-state index is 13.7. The quantitative estimate of drug-likeness (QED) is 0.445. The molecule has 0 fully saturated rings. The van der Waals surface area contributed by atoms with Crippen molar-refractivity contribution >= 4 is 17.3 Å². The molecule has 1 N–H and O–H groups in total. The lowest BCUT2D eigenvalue weighted by Gasteiger charge is -2.07. The van der Waals surface area contributed by atoms with Crippen molar-refractivity contribution in [3.8, 4) is 17.2 Å². The molecule has 4 aromatic rings. The fourth-order valence-corrected chi connectivity index (χ4v) is 3.00. The fourth-order valence-electron chi connectivity index (χ4n) is 2.75. The molecule has 4 rings (SSSR count). The van der Waals surface area contributed by atoms with Crippen molar-refractivity contribution in [3.63, 3.8) is 0 Å². The summed E-state index contributed by atoms with van der Waals surface area (Å²) in [5.74, 6) is 0.308. The Labute approximate surface area is 171 Å². The van der Waals surface area contributed by atoms with Gasteiger partial charge in [-0.3, -0.25) is 0 Å². The van der Waals surface area contributed by atoms with Crippen LogP contribution in [0.3, 0.4) is 0 Å². The normalized spacial score (nSPS) is 10.7. The number of pyridine rings is 1. The Morgan fingerprint density at radius 1 is 1.10 bits per heavy atom. The lowest BCUT2D eigenvalue weighted by molar-refractivity contribution is 0.442. The summed E-state index contributed by atoms with van der Waals surface area (Å²) in [5, 5.41) is 12.0. The predicted molar refractivity (Wildman–Crippen MR) is 109 cm³/mol. The molecule has 6 nitrogen and oxygen atoms in total. The van der Waals surface area contributed by atoms with Crippen LogP contribution in [0.15, 0.2) is 66.9 Å². The maximum Gasteiger partial charge on any atom is 0.165 e. The zero-order chi connectivity index (χ0) is 20.2. The predicted octanol–water partition coefficient (Wildman–Crippen LogP) is 5.17. The Balaban J connectivity index is 1.42. The number of nitrogens with one attached hydrogen (secondary N) is 1. The minimum Gasteiger partial charge on any atom is -0.454 e. The van der Waals surface area contributed by atoms with Crippen molar-refractivity contribution < 1.29 is 9.13 Å². The van der Waals surface area contributed by atoms with Crippen molar-refractivity contribution in [2.75, 3.05) is 5.32 Å². The second kappa shape index (κ2) is 8.28. The highest BCUT2D eigenvalue weighted by Gasteiger charge is 2.06. The molecule has 0 saturated carbocycles. The van der Waals surface area contributed by atoms with Crippen molar-refractivity contribution in [1.82, 2.24) is 20.0 Å². The van der Waals surface area contributed by atoms with Gasteiger partial charge in [-0.05, 0) is 55.5 Å². The summed E-state index contributed by atoms with van der Waals surface area (Å²) in [5.41, 5.74) is 3.28. The number of aryl methyl sites for hydroxylation is 1. The largest absolute Gasteiger partial charge is 0.454 e. The number of hydrogen-bond donors (Lipinski definition) is 1. The smallest absolute Gasteiger partial charge is 0.165 e. The average Bonchev–Trinajstić information content (AvgIpc) is 3.17. The van der Waals surface area contributed by atoms with Gasteiger partial charge in [0.25, 0.3) is 0 Å². The molecule has 2 heterocycles. The van der Waals surface area contributed by atoms with Crippen LogP contribution in [0, 0.1) is 12.7 Å². The number of benzene rings is 2. The third-order valence-electron chi connectivity index (χ3n) is 4.10. The number of aromatic nitrogens is 4. The zero-order valence-electron chi connectivity index (χ0n) is 15.5. The number of nitrogens with zero attached hydrogens (tertiary/aromatic N) is 4. The first-order valence-electron chi connectivity index (χ1n) is 8.89. The van der Waals surface area contributed by atoms with E-state index in [0.29, 0.717) is 17.4 Å². The van der Waals surface area contributed by atoms with Crippen LogP contribution in [0.5, 0.6) is 11.5 Å². The highest BCUT2D eigenvalue weighted by molar-refractivity contribution is 6.29. The molecule has 0 amide bonds. The Kier molecular flexibility index (Phi) is 5.39. The first-order valence-corrected chi connectivity index (χ1v) is 9.27. The maximum atomic E-state index is 13.7. The first kappa shape index (κ1) is 18.9. The lowest BCUT2D eigenvalue weighted by Crippen LogP contribution is -2.00. The van der Waals surface area contributed by atoms with Crippen molar-refractivity contribution in [2.45, 2.75) is 13.5 Å². The molecule has 0 radical (unpaired) electrons. The van der Waals surface area contributed by atoms with Crippen LogP contribution < -0.4 is 10.1 Å². The summed E-state index contributed by atoms with van der Waals surface area (Å²) < 4.78 is 20.9. The van der Waals surface area contributed by atoms with E-state index in [1.54, 1.807) is 41.1 Å². The van der Waals surface area contributed by atoms with Crippen LogP contribution in [0.4, 0.5) is 10.1 Å². The zero-order valence-corrected chi connectivity index (χ0v) is 16.3. The SMILES string of the molecule is Cc1cc(NCc2cn(-c3ccc(Oc4ccccc4F)cc3)nn2)cc(Cl)n1. The van der Waals surface area contributed by atoms with Gasteiger partial charge in [-0.2, -0.15) is 0 Å². The fraction of sp³-hybridized carbons (Fsp3) is 0.0952. The second-order valence-corrected chi connectivity index (χ2v) is 6.74. The number of anilines is 1. The number of ether oxygens (including phenoxy) is 1. The van der Waals surface area contributed by atoms with Crippen LogP contribution in [0.2, 0.25) is 5.15 Å². The molecule has 0 bridgehead atoms. The number of hydrogen-bond acceptors (Lipinski definition) is 5. The van der Waals surface area contributed by atoms with Gasteiger partial charge in [0.1, 0.15) is 16.6 Å². The van der Waals surface area contributed by atoms with E-state index in [9.17, 15) is 4.39 Å². The molecule has 8 heteroatoms. The topological polar surface area (TPSA) is 64.9 Å². The van der Waals surface area contributed by atoms with E-state index >= 15 is 0 Å². The van der Waals surface area contributed by atoms with Crippen LogP contribution in [0.1, 0.15) is 11.4 Å². The van der Waals surface area contributed by atoms with Crippen molar-refractivity contribution in [3.05, 3.63) is 89.2 Å². The highest BCUT2D eigenvalue weighted by Crippen LogP contribution is 2.25. The molecule has 0 atom stereocenters. The Morgan fingerprint density at radius 2 is 1.90 bits per heavy atom. The third kappa shape index (κ3) is 4.70. The monoisotopic (exact) mass is 409 g/mol. The molecule has 0 unspecified atom stereocenters. The van der Waals surface area contributed by atoms with Crippen LogP contribution in [-0.2, 0) is 6.54 Å². The minimum absolute atomic E-state index is 0.181. The van der Waals surface area contributed by atoms with Gasteiger partial charge >= 0.3 is 0 Å². The van der Waals surface area contributed by atoms with E-state index in [0.717, 1.165) is 22.8 Å². The van der Waals surface area contributed by atoms with Crippen molar-refractivity contribution in [2.24, 2.45) is 0 Å². The summed E-state index contributed by atoms with van der Waals surface area (Å²) in [4.78, 5) is 4.13. The second-order valence-electron chi connectivity index (χ2n) is 6.35. The van der Waals surface area contributed by atoms with Crippen molar-refractivity contribution in [1.29, 1.82) is 0 Å². The van der Waals surface area contributed by atoms with E-state index in [1.165, 1.54) is 6.07 Å². The lowest BCUT2D eigenvalue weighted by atomic mass is 10.3. The van der Waals surface area contributed by atoms with Gasteiger partial charge in [0.05, 0.1) is 18.4 Å². The van der Waals surface area contributed by atoms with Crippen LogP contribution in [0.25, 0.3) is 5.69 Å². The highest BCUT2D eigenvalue weighted by atomic mass is 35.5. The molecule has 0 spiro atoms. The van der Waals surface area contributed by atoms with Crippen LogP contribution >= 0.6 is 11.6 Å². The van der Waals surface area contributed by atoms with Gasteiger partial charge in [-0.15, -0.1) is 5.10 Å². The summed E-state index contributed by atoms with van der Waals surface area (Å²) in [6.45, 7) is 2.38. The third-order valence-corrected chi connectivity index (χ3v) is 4.30. The number of para-hydroxylation sites is 1. The summed E-state index contributed by atoms with van der Waals surface area (Å²) in [6.07, 6.45) is 1.83. The Bertz CT molecular complexity index is 1110. The first-order chi connectivity index (χ1) is 14.1. The summed E-state index contributed by atoms with van der Waals surface area (Å²) >= 11 is 5.97. The number of halogens is 2. The Morgan fingerprint density at radius 3 is 2.66 bits per heavy atom. The van der Waals surface area contributed by atoms with Gasteiger partial charge in [0.2, 0.25) is 0 Å². The summed E-state index contributed by atoms with van der Waals surface area (Å²) in [7, 11) is 0.